The Hall–Kier alpha value is -1.99. The van der Waals surface area contributed by atoms with E-state index in [0.717, 1.165) is 31.2 Å². The molecular weight excluding hydrogens is 264 g/mol. The predicted octanol–water partition coefficient (Wildman–Crippen LogP) is 2.39. The molecule has 0 saturated heterocycles. The fourth-order valence-corrected chi connectivity index (χ4v) is 1.98. The van der Waals surface area contributed by atoms with Crippen LogP contribution in [0.15, 0.2) is 24.3 Å². The maximum atomic E-state index is 11.8. The van der Waals surface area contributed by atoms with Gasteiger partial charge in [-0.25, -0.2) is 4.79 Å². The molecule has 114 valence electrons. The highest BCUT2D eigenvalue weighted by molar-refractivity contribution is 5.74. The van der Waals surface area contributed by atoms with Crippen LogP contribution in [0.5, 0.6) is 0 Å². The van der Waals surface area contributed by atoms with Crippen LogP contribution in [0, 0.1) is 12.3 Å². The summed E-state index contributed by atoms with van der Waals surface area (Å²) in [6, 6.07) is 7.24. The average Bonchev–Trinajstić information content (AvgIpc) is 2.52. The second-order valence-electron chi connectivity index (χ2n) is 4.89. The second-order valence-corrected chi connectivity index (χ2v) is 4.89. The van der Waals surface area contributed by atoms with Gasteiger partial charge in [-0.2, -0.15) is 0 Å². The number of urea groups is 1. The van der Waals surface area contributed by atoms with Crippen molar-refractivity contribution in [3.05, 3.63) is 35.4 Å². The molecule has 0 aliphatic rings. The first-order valence-corrected chi connectivity index (χ1v) is 7.38. The Morgan fingerprint density at radius 2 is 2.05 bits per heavy atom. The van der Waals surface area contributed by atoms with Crippen molar-refractivity contribution >= 4 is 6.03 Å². The van der Waals surface area contributed by atoms with Crippen LogP contribution in [0.2, 0.25) is 0 Å². The Balaban J connectivity index is 2.42. The molecule has 0 aromatic heterocycles. The van der Waals surface area contributed by atoms with E-state index in [2.05, 4.69) is 23.5 Å². The van der Waals surface area contributed by atoms with E-state index in [1.807, 2.05) is 24.3 Å². The molecule has 0 radical (unpaired) electrons. The van der Waals surface area contributed by atoms with Gasteiger partial charge in [0.25, 0.3) is 0 Å². The summed E-state index contributed by atoms with van der Waals surface area (Å²) < 4.78 is 0. The van der Waals surface area contributed by atoms with Gasteiger partial charge < -0.3 is 15.7 Å². The molecule has 2 amide bonds. The topological polar surface area (TPSA) is 61.4 Å². The van der Waals surface area contributed by atoms with Gasteiger partial charge >= 0.3 is 6.03 Å². The summed E-state index contributed by atoms with van der Waals surface area (Å²) in [5.41, 5.74) is 2.13. The van der Waals surface area contributed by atoms with Crippen molar-refractivity contribution in [2.75, 3.05) is 13.2 Å². The van der Waals surface area contributed by atoms with Gasteiger partial charge in [0.15, 0.2) is 0 Å². The highest BCUT2D eigenvalue weighted by atomic mass is 16.3. The third-order valence-electron chi connectivity index (χ3n) is 3.31. The number of carbonyl (C=O) groups is 1. The highest BCUT2D eigenvalue weighted by Crippen LogP contribution is 2.13. The molecule has 1 aromatic carbocycles. The fourth-order valence-electron chi connectivity index (χ4n) is 1.98. The molecule has 4 nitrogen and oxygen atoms in total. The molecular formula is C17H24N2O2. The van der Waals surface area contributed by atoms with Crippen molar-refractivity contribution in [2.24, 2.45) is 0 Å². The van der Waals surface area contributed by atoms with Crippen LogP contribution in [0.4, 0.5) is 4.79 Å². The maximum absolute atomic E-state index is 11.8. The van der Waals surface area contributed by atoms with Gasteiger partial charge in [-0.3, -0.25) is 0 Å². The first-order chi connectivity index (χ1) is 10.2. The van der Waals surface area contributed by atoms with Gasteiger partial charge in [0.05, 0.1) is 12.6 Å². The number of carbonyl (C=O) groups excluding carboxylic acids is 1. The Labute approximate surface area is 127 Å². The summed E-state index contributed by atoms with van der Waals surface area (Å²) in [4.78, 5) is 11.8. The number of aliphatic hydroxyl groups excluding tert-OH is 1. The van der Waals surface area contributed by atoms with Crippen LogP contribution >= 0.6 is 0 Å². The summed E-state index contributed by atoms with van der Waals surface area (Å²) in [6.45, 7) is 2.54. The number of unbranched alkanes of at least 4 members (excludes halogenated alkanes) is 2. The number of benzene rings is 1. The van der Waals surface area contributed by atoms with Gasteiger partial charge in [0, 0.05) is 13.0 Å². The Kier molecular flexibility index (Phi) is 8.00. The summed E-state index contributed by atoms with van der Waals surface area (Å²) in [6.07, 6.45) is 8.61. The van der Waals surface area contributed by atoms with Gasteiger partial charge in [0.1, 0.15) is 0 Å². The highest BCUT2D eigenvalue weighted by Gasteiger charge is 2.13. The molecule has 1 rings (SSSR count). The first kappa shape index (κ1) is 17.1. The van der Waals surface area contributed by atoms with E-state index in [9.17, 15) is 9.90 Å². The predicted molar refractivity (Wildman–Crippen MR) is 84.9 cm³/mol. The third kappa shape index (κ3) is 6.33. The van der Waals surface area contributed by atoms with Crippen molar-refractivity contribution in [3.8, 4) is 12.3 Å². The smallest absolute Gasteiger partial charge is 0.315 e. The number of aliphatic hydroxyl groups is 1. The second kappa shape index (κ2) is 9.84. The van der Waals surface area contributed by atoms with Gasteiger partial charge in [-0.05, 0) is 30.4 Å². The molecule has 1 atom stereocenters. The van der Waals surface area contributed by atoms with Crippen LogP contribution in [0.25, 0.3) is 0 Å². The molecule has 1 aromatic rings. The lowest BCUT2D eigenvalue weighted by atomic mass is 10.0. The Morgan fingerprint density at radius 3 is 2.62 bits per heavy atom. The molecule has 0 fully saturated rings. The van der Waals surface area contributed by atoms with E-state index in [1.165, 1.54) is 5.56 Å². The van der Waals surface area contributed by atoms with Crippen LogP contribution in [-0.2, 0) is 6.42 Å². The Morgan fingerprint density at radius 1 is 1.33 bits per heavy atom. The SMILES string of the molecule is C#CCCCCNC(=O)NC(CO)c1ccc(CC)cc1. The number of hydrogen-bond acceptors (Lipinski definition) is 2. The van der Waals surface area contributed by atoms with E-state index >= 15 is 0 Å². The minimum absolute atomic E-state index is 0.129. The van der Waals surface area contributed by atoms with Crippen LogP contribution in [0.1, 0.15) is 43.4 Å². The van der Waals surface area contributed by atoms with Gasteiger partial charge in [-0.1, -0.05) is 31.2 Å². The van der Waals surface area contributed by atoms with E-state index in [4.69, 9.17) is 6.42 Å². The first-order valence-electron chi connectivity index (χ1n) is 7.38. The number of rotatable bonds is 8. The zero-order valence-corrected chi connectivity index (χ0v) is 12.6. The monoisotopic (exact) mass is 288 g/mol. The zero-order valence-electron chi connectivity index (χ0n) is 12.6. The van der Waals surface area contributed by atoms with E-state index in [0.29, 0.717) is 6.54 Å². The maximum Gasteiger partial charge on any atom is 0.315 e. The fraction of sp³-hybridized carbons (Fsp3) is 0.471. The molecule has 3 N–H and O–H groups in total. The van der Waals surface area contributed by atoms with Crippen molar-refractivity contribution < 1.29 is 9.90 Å². The minimum Gasteiger partial charge on any atom is -0.394 e. The van der Waals surface area contributed by atoms with Crippen molar-refractivity contribution in [1.29, 1.82) is 0 Å². The van der Waals surface area contributed by atoms with Gasteiger partial charge in [0.2, 0.25) is 0 Å². The quantitative estimate of drug-likeness (QED) is 0.508. The number of nitrogens with one attached hydrogen (secondary N) is 2. The van der Waals surface area contributed by atoms with E-state index in [1.54, 1.807) is 0 Å². The van der Waals surface area contributed by atoms with Gasteiger partial charge in [-0.15, -0.1) is 12.3 Å². The molecule has 0 saturated carbocycles. The minimum atomic E-state index is -0.387. The Bertz CT molecular complexity index is 463. The lowest BCUT2D eigenvalue weighted by molar-refractivity contribution is 0.217. The average molecular weight is 288 g/mol. The molecule has 21 heavy (non-hydrogen) atoms. The zero-order chi connectivity index (χ0) is 15.5. The third-order valence-corrected chi connectivity index (χ3v) is 3.31. The molecule has 0 bridgehead atoms. The summed E-state index contributed by atoms with van der Waals surface area (Å²) in [5.74, 6) is 2.57. The molecule has 0 heterocycles. The standard InChI is InChI=1S/C17H24N2O2/c1-3-5-6-7-12-18-17(21)19-16(13-20)15-10-8-14(4-2)9-11-15/h1,8-11,16,20H,4-7,12-13H2,2H3,(H2,18,19,21). The number of terminal acetylenes is 1. The van der Waals surface area contributed by atoms with Crippen LogP contribution in [0.3, 0.4) is 0 Å². The number of amides is 2. The molecule has 0 spiro atoms. The molecule has 4 heteroatoms. The summed E-state index contributed by atoms with van der Waals surface area (Å²) in [7, 11) is 0. The largest absolute Gasteiger partial charge is 0.394 e. The lowest BCUT2D eigenvalue weighted by Crippen LogP contribution is -2.39. The van der Waals surface area contributed by atoms with Crippen molar-refractivity contribution in [1.82, 2.24) is 10.6 Å². The number of aryl methyl sites for hydroxylation is 1. The molecule has 0 aliphatic heterocycles. The summed E-state index contributed by atoms with van der Waals surface area (Å²) in [5, 5.41) is 15.0. The summed E-state index contributed by atoms with van der Waals surface area (Å²) >= 11 is 0. The molecule has 1 unspecified atom stereocenters. The van der Waals surface area contributed by atoms with Crippen LogP contribution in [-0.4, -0.2) is 24.3 Å². The number of hydrogen-bond donors (Lipinski definition) is 3. The van der Waals surface area contributed by atoms with Crippen molar-refractivity contribution in [3.63, 3.8) is 0 Å². The lowest BCUT2D eigenvalue weighted by Gasteiger charge is -2.17. The van der Waals surface area contributed by atoms with E-state index in [-0.39, 0.29) is 18.7 Å². The molecule has 0 aliphatic carbocycles. The van der Waals surface area contributed by atoms with Crippen LogP contribution < -0.4 is 10.6 Å². The van der Waals surface area contributed by atoms with Crippen molar-refractivity contribution in [2.45, 2.75) is 38.6 Å². The van der Waals surface area contributed by atoms with E-state index < -0.39 is 0 Å². The normalized spacial score (nSPS) is 11.5.